The highest BCUT2D eigenvalue weighted by molar-refractivity contribution is 5.88. The fourth-order valence-electron chi connectivity index (χ4n) is 5.20. The molecule has 0 saturated carbocycles. The van der Waals surface area contributed by atoms with Crippen LogP contribution in [0.1, 0.15) is 6.92 Å². The second kappa shape index (κ2) is 13.1. The summed E-state index contributed by atoms with van der Waals surface area (Å²) in [6.07, 6.45) is -16.2. The molecule has 0 spiro atoms. The van der Waals surface area contributed by atoms with Gasteiger partial charge in [0.25, 0.3) is 0 Å². The van der Waals surface area contributed by atoms with Crippen molar-refractivity contribution in [3.8, 4) is 45.8 Å². The summed E-state index contributed by atoms with van der Waals surface area (Å²) in [6.45, 7) is 0.824. The van der Waals surface area contributed by atoms with Gasteiger partial charge in [0, 0.05) is 17.7 Å². The van der Waals surface area contributed by atoms with Gasteiger partial charge in [-0.2, -0.15) is 0 Å². The largest absolute Gasteiger partial charge is 0.508 e. The van der Waals surface area contributed by atoms with E-state index in [2.05, 4.69) is 0 Å². The van der Waals surface area contributed by atoms with Crippen molar-refractivity contribution in [3.05, 3.63) is 34.5 Å². The van der Waals surface area contributed by atoms with E-state index >= 15 is 0 Å². The van der Waals surface area contributed by atoms with Crippen LogP contribution in [-0.2, 0) is 14.2 Å². The maximum absolute atomic E-state index is 13.8. The molecule has 0 radical (unpaired) electrons. The Morgan fingerprint density at radius 2 is 1.37 bits per heavy atom. The third-order valence-corrected chi connectivity index (χ3v) is 7.80. The van der Waals surface area contributed by atoms with E-state index in [0.717, 1.165) is 12.1 Å². The SMILES string of the molecule is COc1cc(-c2oc3cc(O)cc(O)c3c(=O)c2O[C@H]2OC(CO[C@@H]3OC(C)[C@@H](O)C(O)[C@@H]3O)[C@@H](O)C(O)[C@H]2O)cc(OC)c1O. The Labute approximate surface area is 259 Å². The van der Waals surface area contributed by atoms with Gasteiger partial charge in [-0.1, -0.05) is 0 Å². The second-order valence-corrected chi connectivity index (χ2v) is 10.8. The summed E-state index contributed by atoms with van der Waals surface area (Å²) in [7, 11) is 2.51. The number of aliphatic hydroxyl groups excluding tert-OH is 6. The monoisotopic (exact) mass is 654 g/mol. The molecule has 3 heterocycles. The molecule has 0 bridgehead atoms. The van der Waals surface area contributed by atoms with Crippen LogP contribution >= 0.6 is 0 Å². The van der Waals surface area contributed by atoms with Gasteiger partial charge in [0.1, 0.15) is 65.2 Å². The van der Waals surface area contributed by atoms with Crippen molar-refractivity contribution < 1.29 is 78.8 Å². The van der Waals surface area contributed by atoms with Crippen LogP contribution in [0, 0.1) is 0 Å². The summed E-state index contributed by atoms with van der Waals surface area (Å²) in [4.78, 5) is 13.8. The molecule has 2 aliphatic heterocycles. The molecular weight excluding hydrogens is 620 g/mol. The maximum Gasteiger partial charge on any atom is 0.239 e. The minimum Gasteiger partial charge on any atom is -0.508 e. The summed E-state index contributed by atoms with van der Waals surface area (Å²) < 4.78 is 38.6. The van der Waals surface area contributed by atoms with E-state index in [1.54, 1.807) is 0 Å². The standard InChI is InChI=1S/C29H34O17/c1-9-18(32)22(36)24(38)28(43-9)42-8-16-20(34)23(37)25(39)29(45-16)46-27-21(35)17-12(31)6-11(30)7-13(17)44-26(27)10-4-14(40-2)19(33)15(5-10)41-3/h4-7,9,16,18,20,22-25,28-34,36-39H,8H2,1-3H3/t9?,16?,18-,20-,22?,23?,24+,25-,28-,29-/m1/s1. The Morgan fingerprint density at radius 1 is 0.761 bits per heavy atom. The molecule has 0 amide bonds. The van der Waals surface area contributed by atoms with Crippen molar-refractivity contribution >= 4 is 11.0 Å². The summed E-state index contributed by atoms with van der Waals surface area (Å²) >= 11 is 0. The van der Waals surface area contributed by atoms with Crippen molar-refractivity contribution in [2.24, 2.45) is 0 Å². The lowest BCUT2D eigenvalue weighted by atomic mass is 9.98. The van der Waals surface area contributed by atoms with Crippen molar-refractivity contribution in [1.82, 2.24) is 0 Å². The number of rotatable bonds is 8. The fraction of sp³-hybridized carbons (Fsp3) is 0.483. The van der Waals surface area contributed by atoms with Gasteiger partial charge in [-0.15, -0.1) is 0 Å². The van der Waals surface area contributed by atoms with Crippen LogP contribution in [0.2, 0.25) is 0 Å². The van der Waals surface area contributed by atoms with Crippen LogP contribution in [0.4, 0.5) is 0 Å². The highest BCUT2D eigenvalue weighted by Gasteiger charge is 2.48. The first-order valence-corrected chi connectivity index (χ1v) is 13.9. The molecule has 2 saturated heterocycles. The van der Waals surface area contributed by atoms with Gasteiger partial charge in [-0.25, -0.2) is 0 Å². The maximum atomic E-state index is 13.8. The summed E-state index contributed by atoms with van der Waals surface area (Å²) in [5.41, 5.74) is -1.27. The number of benzene rings is 2. The predicted octanol–water partition coefficient (Wildman–Crippen LogP) is -1.38. The van der Waals surface area contributed by atoms with Gasteiger partial charge in [0.2, 0.25) is 23.2 Å². The first-order chi connectivity index (χ1) is 21.8. The zero-order valence-electron chi connectivity index (χ0n) is 24.6. The summed E-state index contributed by atoms with van der Waals surface area (Å²) in [6, 6.07) is 4.45. The van der Waals surface area contributed by atoms with Crippen LogP contribution in [0.5, 0.6) is 34.5 Å². The average molecular weight is 655 g/mol. The van der Waals surface area contributed by atoms with E-state index in [-0.39, 0.29) is 34.2 Å². The Bertz CT molecular complexity index is 1600. The van der Waals surface area contributed by atoms with Gasteiger partial charge in [-0.3, -0.25) is 4.79 Å². The van der Waals surface area contributed by atoms with Gasteiger partial charge in [-0.05, 0) is 19.1 Å². The summed E-state index contributed by atoms with van der Waals surface area (Å²) in [5.74, 6) is -2.76. The quantitative estimate of drug-likeness (QED) is 0.135. The average Bonchev–Trinajstić information content (AvgIpc) is 3.02. The molecule has 2 aromatic carbocycles. The lowest BCUT2D eigenvalue weighted by Crippen LogP contribution is -2.61. The van der Waals surface area contributed by atoms with Gasteiger partial charge < -0.3 is 78.8 Å². The van der Waals surface area contributed by atoms with Crippen molar-refractivity contribution in [1.29, 1.82) is 0 Å². The smallest absolute Gasteiger partial charge is 0.239 e. The van der Waals surface area contributed by atoms with E-state index in [0.29, 0.717) is 0 Å². The Balaban J connectivity index is 1.52. The molecule has 0 aliphatic carbocycles. The molecule has 46 heavy (non-hydrogen) atoms. The van der Waals surface area contributed by atoms with E-state index < -0.39 is 96.1 Å². The molecular formula is C29H34O17. The first kappa shape index (κ1) is 33.5. The number of hydrogen-bond donors (Lipinski definition) is 9. The molecule has 4 unspecified atom stereocenters. The third kappa shape index (κ3) is 5.99. The van der Waals surface area contributed by atoms with Gasteiger partial charge in [0.05, 0.1) is 26.9 Å². The normalized spacial score (nSPS) is 31.5. The molecule has 10 atom stereocenters. The molecule has 3 aromatic rings. The van der Waals surface area contributed by atoms with Crippen LogP contribution in [0.3, 0.4) is 0 Å². The van der Waals surface area contributed by atoms with Crippen molar-refractivity contribution in [3.63, 3.8) is 0 Å². The molecule has 2 fully saturated rings. The number of methoxy groups -OCH3 is 2. The van der Waals surface area contributed by atoms with Crippen LogP contribution < -0.4 is 19.6 Å². The number of ether oxygens (including phenoxy) is 6. The minimum absolute atomic E-state index is 0.0207. The number of phenols is 3. The third-order valence-electron chi connectivity index (χ3n) is 7.80. The Morgan fingerprint density at radius 3 is 2.00 bits per heavy atom. The zero-order chi connectivity index (χ0) is 33.6. The van der Waals surface area contributed by atoms with Gasteiger partial charge >= 0.3 is 0 Å². The first-order valence-electron chi connectivity index (χ1n) is 13.9. The molecule has 17 nitrogen and oxygen atoms in total. The van der Waals surface area contributed by atoms with E-state index in [4.69, 9.17) is 32.8 Å². The van der Waals surface area contributed by atoms with E-state index in [1.807, 2.05) is 0 Å². The Hall–Kier alpha value is -3.91. The molecule has 252 valence electrons. The molecule has 9 N–H and O–H groups in total. The molecule has 17 heteroatoms. The Kier molecular flexibility index (Phi) is 9.50. The number of fused-ring (bicyclic) bond motifs is 1. The highest BCUT2D eigenvalue weighted by atomic mass is 16.7. The highest BCUT2D eigenvalue weighted by Crippen LogP contribution is 2.44. The van der Waals surface area contributed by atoms with Crippen LogP contribution in [0.15, 0.2) is 33.5 Å². The van der Waals surface area contributed by atoms with Crippen LogP contribution in [-0.4, -0.2) is 128 Å². The second-order valence-electron chi connectivity index (χ2n) is 10.8. The van der Waals surface area contributed by atoms with Crippen LogP contribution in [0.25, 0.3) is 22.3 Å². The predicted molar refractivity (Wildman–Crippen MR) is 152 cm³/mol. The lowest BCUT2D eigenvalue weighted by molar-refractivity contribution is -0.318. The fourth-order valence-corrected chi connectivity index (χ4v) is 5.20. The molecule has 1 aromatic heterocycles. The minimum atomic E-state index is -1.97. The topological polar surface area (TPSA) is 268 Å². The summed E-state index contributed by atoms with van der Waals surface area (Å²) in [5, 5.41) is 92.7. The number of aromatic hydroxyl groups is 3. The van der Waals surface area contributed by atoms with E-state index in [9.17, 15) is 50.8 Å². The van der Waals surface area contributed by atoms with Crippen molar-refractivity contribution in [2.45, 2.75) is 68.3 Å². The van der Waals surface area contributed by atoms with E-state index in [1.165, 1.54) is 33.3 Å². The lowest BCUT2D eigenvalue weighted by Gasteiger charge is -2.42. The number of hydrogen-bond acceptors (Lipinski definition) is 17. The molecule has 2 aliphatic rings. The van der Waals surface area contributed by atoms with Gasteiger partial charge in [0.15, 0.2) is 23.5 Å². The number of phenolic OH excluding ortho intramolecular Hbond substituents is 3. The zero-order valence-corrected chi connectivity index (χ0v) is 24.6. The molecule has 5 rings (SSSR count). The number of aliphatic hydroxyl groups is 6. The van der Waals surface area contributed by atoms with Crippen molar-refractivity contribution in [2.75, 3.05) is 20.8 Å².